The van der Waals surface area contributed by atoms with Gasteiger partial charge in [-0.2, -0.15) is 5.10 Å². The standard InChI is InChI=1S/C28H35N3O3/c1-5-34-28(33)22-12-14-30(15-13-22)18-27(32)31-26(24-9-7-6-8-20(24)3)17-25(29-31)23-11-10-19(2)21(4)16-23/h6-11,16,22,26H,5,12-15,17-18H2,1-4H3. The van der Waals surface area contributed by atoms with Gasteiger partial charge in [0.05, 0.1) is 30.8 Å². The van der Waals surface area contributed by atoms with Gasteiger partial charge in [-0.3, -0.25) is 14.5 Å². The summed E-state index contributed by atoms with van der Waals surface area (Å²) in [5.41, 5.74) is 6.80. The van der Waals surface area contributed by atoms with Crippen molar-refractivity contribution in [1.82, 2.24) is 9.91 Å². The molecule has 2 aliphatic heterocycles. The second-order valence-corrected chi connectivity index (χ2v) is 9.46. The summed E-state index contributed by atoms with van der Waals surface area (Å²) in [5, 5.41) is 6.56. The number of carbonyl (C=O) groups is 2. The van der Waals surface area contributed by atoms with Crippen LogP contribution in [0.1, 0.15) is 60.0 Å². The number of ether oxygens (including phenoxy) is 1. The van der Waals surface area contributed by atoms with Gasteiger partial charge in [-0.25, -0.2) is 5.01 Å². The summed E-state index contributed by atoms with van der Waals surface area (Å²) in [6, 6.07) is 14.5. The molecule has 0 aromatic heterocycles. The number of amides is 1. The Morgan fingerprint density at radius 3 is 2.41 bits per heavy atom. The maximum Gasteiger partial charge on any atom is 0.309 e. The Bertz CT molecular complexity index is 1090. The quantitative estimate of drug-likeness (QED) is 0.592. The van der Waals surface area contributed by atoms with Crippen molar-refractivity contribution < 1.29 is 14.3 Å². The minimum Gasteiger partial charge on any atom is -0.466 e. The Labute approximate surface area is 202 Å². The second-order valence-electron chi connectivity index (χ2n) is 9.46. The summed E-state index contributed by atoms with van der Waals surface area (Å²) in [5.74, 6) is -0.177. The van der Waals surface area contributed by atoms with Crippen molar-refractivity contribution in [3.05, 3.63) is 70.3 Å². The predicted molar refractivity (Wildman–Crippen MR) is 134 cm³/mol. The van der Waals surface area contributed by atoms with E-state index in [1.54, 1.807) is 5.01 Å². The lowest BCUT2D eigenvalue weighted by Gasteiger charge is -2.32. The van der Waals surface area contributed by atoms with Gasteiger partial charge in [0.15, 0.2) is 0 Å². The number of piperidine rings is 1. The van der Waals surface area contributed by atoms with Gasteiger partial charge in [-0.05, 0) is 87.5 Å². The fourth-order valence-corrected chi connectivity index (χ4v) is 4.89. The highest BCUT2D eigenvalue weighted by atomic mass is 16.5. The summed E-state index contributed by atoms with van der Waals surface area (Å²) < 4.78 is 5.17. The number of likely N-dealkylation sites (tertiary alicyclic amines) is 1. The van der Waals surface area contributed by atoms with Gasteiger partial charge in [0, 0.05) is 6.42 Å². The molecule has 6 heteroatoms. The van der Waals surface area contributed by atoms with Crippen molar-refractivity contribution in [2.45, 2.75) is 53.0 Å². The van der Waals surface area contributed by atoms with E-state index in [9.17, 15) is 9.59 Å². The molecule has 2 heterocycles. The summed E-state index contributed by atoms with van der Waals surface area (Å²) >= 11 is 0. The highest BCUT2D eigenvalue weighted by Crippen LogP contribution is 2.35. The molecule has 1 unspecified atom stereocenters. The van der Waals surface area contributed by atoms with Crippen LogP contribution in [0.15, 0.2) is 47.6 Å². The van der Waals surface area contributed by atoms with Gasteiger partial charge >= 0.3 is 5.97 Å². The number of benzene rings is 2. The molecule has 34 heavy (non-hydrogen) atoms. The number of hydrogen-bond acceptors (Lipinski definition) is 5. The average molecular weight is 462 g/mol. The van der Waals surface area contributed by atoms with Crippen molar-refractivity contribution in [3.8, 4) is 0 Å². The van der Waals surface area contributed by atoms with Gasteiger partial charge in [0.2, 0.25) is 0 Å². The lowest BCUT2D eigenvalue weighted by Crippen LogP contribution is -2.43. The summed E-state index contributed by atoms with van der Waals surface area (Å²) in [4.78, 5) is 27.7. The first-order valence-electron chi connectivity index (χ1n) is 12.3. The molecule has 0 aliphatic carbocycles. The number of esters is 1. The molecular formula is C28H35N3O3. The molecule has 6 nitrogen and oxygen atoms in total. The number of carbonyl (C=O) groups excluding carboxylic acids is 2. The predicted octanol–water partition coefficient (Wildman–Crippen LogP) is 4.56. The summed E-state index contributed by atoms with van der Waals surface area (Å²) in [6.07, 6.45) is 2.15. The zero-order chi connectivity index (χ0) is 24.2. The molecule has 2 aromatic rings. The van der Waals surface area contributed by atoms with Crippen molar-refractivity contribution in [1.29, 1.82) is 0 Å². The van der Waals surface area contributed by atoms with Crippen LogP contribution in [-0.2, 0) is 14.3 Å². The van der Waals surface area contributed by atoms with Crippen LogP contribution in [0.2, 0.25) is 0 Å². The van der Waals surface area contributed by atoms with Crippen LogP contribution >= 0.6 is 0 Å². The van der Waals surface area contributed by atoms with Crippen LogP contribution in [0.4, 0.5) is 0 Å². The Morgan fingerprint density at radius 1 is 1.00 bits per heavy atom. The topological polar surface area (TPSA) is 62.2 Å². The van der Waals surface area contributed by atoms with Gasteiger partial charge < -0.3 is 4.74 Å². The van der Waals surface area contributed by atoms with Crippen LogP contribution in [0.3, 0.4) is 0 Å². The zero-order valence-corrected chi connectivity index (χ0v) is 20.7. The van der Waals surface area contributed by atoms with Crippen LogP contribution in [0.5, 0.6) is 0 Å². The first kappa shape index (κ1) is 24.1. The average Bonchev–Trinajstić information content (AvgIpc) is 3.27. The minimum atomic E-state index is -0.115. The molecule has 0 spiro atoms. The van der Waals surface area contributed by atoms with E-state index in [4.69, 9.17) is 9.84 Å². The maximum absolute atomic E-state index is 13.5. The summed E-state index contributed by atoms with van der Waals surface area (Å²) in [6.45, 7) is 10.3. The van der Waals surface area contributed by atoms with E-state index in [0.29, 0.717) is 32.7 Å². The molecule has 180 valence electrons. The SMILES string of the molecule is CCOC(=O)C1CCN(CC(=O)N2N=C(c3ccc(C)c(C)c3)CC2c2ccccc2C)CC1. The highest BCUT2D eigenvalue weighted by molar-refractivity contribution is 6.03. The number of nitrogens with zero attached hydrogens (tertiary/aromatic N) is 3. The molecule has 0 bridgehead atoms. The van der Waals surface area contributed by atoms with Crippen LogP contribution in [-0.4, -0.2) is 53.7 Å². The smallest absolute Gasteiger partial charge is 0.309 e. The van der Waals surface area contributed by atoms with E-state index in [0.717, 1.165) is 35.2 Å². The molecule has 1 fully saturated rings. The third kappa shape index (κ3) is 5.22. The number of rotatable bonds is 6. The number of hydrazone groups is 1. The summed E-state index contributed by atoms with van der Waals surface area (Å²) in [7, 11) is 0. The molecule has 1 saturated heterocycles. The molecule has 0 N–H and O–H groups in total. The van der Waals surface area contributed by atoms with Crippen molar-refractivity contribution in [2.24, 2.45) is 11.0 Å². The molecule has 0 saturated carbocycles. The van der Waals surface area contributed by atoms with Crippen molar-refractivity contribution in [2.75, 3.05) is 26.2 Å². The van der Waals surface area contributed by atoms with Crippen LogP contribution in [0.25, 0.3) is 0 Å². The molecular weight excluding hydrogens is 426 g/mol. The van der Waals surface area contributed by atoms with E-state index in [2.05, 4.69) is 56.0 Å². The largest absolute Gasteiger partial charge is 0.466 e. The molecule has 0 radical (unpaired) electrons. The molecule has 4 rings (SSSR count). The monoisotopic (exact) mass is 461 g/mol. The Balaban J connectivity index is 1.52. The van der Waals surface area contributed by atoms with Crippen LogP contribution < -0.4 is 0 Å². The molecule has 2 aromatic carbocycles. The van der Waals surface area contributed by atoms with E-state index in [-0.39, 0.29) is 23.8 Å². The molecule has 1 atom stereocenters. The first-order valence-corrected chi connectivity index (χ1v) is 12.3. The number of hydrogen-bond donors (Lipinski definition) is 0. The van der Waals surface area contributed by atoms with E-state index in [1.807, 2.05) is 19.1 Å². The highest BCUT2D eigenvalue weighted by Gasteiger charge is 2.35. The van der Waals surface area contributed by atoms with Crippen molar-refractivity contribution >= 4 is 17.6 Å². The van der Waals surface area contributed by atoms with Gasteiger partial charge in [-0.1, -0.05) is 36.4 Å². The van der Waals surface area contributed by atoms with E-state index >= 15 is 0 Å². The first-order chi connectivity index (χ1) is 16.4. The Hall–Kier alpha value is -2.99. The Morgan fingerprint density at radius 2 is 1.74 bits per heavy atom. The second kappa shape index (κ2) is 10.5. The fourth-order valence-electron chi connectivity index (χ4n) is 4.89. The maximum atomic E-state index is 13.5. The fraction of sp³-hybridized carbons (Fsp3) is 0.464. The van der Waals surface area contributed by atoms with E-state index in [1.165, 1.54) is 11.1 Å². The lowest BCUT2D eigenvalue weighted by atomic mass is 9.94. The number of aryl methyl sites for hydroxylation is 3. The van der Waals surface area contributed by atoms with Crippen molar-refractivity contribution in [3.63, 3.8) is 0 Å². The molecule has 2 aliphatic rings. The zero-order valence-electron chi connectivity index (χ0n) is 20.7. The van der Waals surface area contributed by atoms with Gasteiger partial charge in [-0.15, -0.1) is 0 Å². The normalized spacial score (nSPS) is 19.2. The third-order valence-electron chi connectivity index (χ3n) is 7.12. The van der Waals surface area contributed by atoms with Gasteiger partial charge in [0.1, 0.15) is 0 Å². The Kier molecular flexibility index (Phi) is 7.47. The van der Waals surface area contributed by atoms with Crippen LogP contribution in [0, 0.1) is 26.7 Å². The molecule has 1 amide bonds. The third-order valence-corrected chi connectivity index (χ3v) is 7.12. The minimum absolute atomic E-state index is 0.00155. The lowest BCUT2D eigenvalue weighted by molar-refractivity contribution is -0.149. The van der Waals surface area contributed by atoms with Gasteiger partial charge in [0.25, 0.3) is 5.91 Å². The van der Waals surface area contributed by atoms with E-state index < -0.39 is 0 Å².